The van der Waals surface area contributed by atoms with Crippen molar-refractivity contribution in [3.8, 4) is 11.6 Å². The van der Waals surface area contributed by atoms with E-state index in [0.29, 0.717) is 10.7 Å². The molecule has 28 heavy (non-hydrogen) atoms. The second-order valence-corrected chi connectivity index (χ2v) is 6.20. The lowest BCUT2D eigenvalue weighted by Gasteiger charge is -2.08. The van der Waals surface area contributed by atoms with Gasteiger partial charge in [-0.25, -0.2) is 13.8 Å². The first kappa shape index (κ1) is 17.7. The number of H-pyrrole nitrogens is 1. The second-order valence-electron chi connectivity index (χ2n) is 5.76. The third kappa shape index (κ3) is 3.45. The number of ether oxygens (including phenoxy) is 1. The Bertz CT molecular complexity index is 1220. The van der Waals surface area contributed by atoms with Crippen LogP contribution in [0, 0.1) is 5.82 Å². The summed E-state index contributed by atoms with van der Waals surface area (Å²) in [6, 6.07) is 12.9. The molecule has 0 spiro atoms. The molecular formula is C19H12ClFN4O3. The number of anilines is 1. The van der Waals surface area contributed by atoms with Gasteiger partial charge in [0.05, 0.1) is 0 Å². The molecule has 140 valence electrons. The van der Waals surface area contributed by atoms with Gasteiger partial charge in [-0.05, 0) is 48.5 Å². The fourth-order valence-electron chi connectivity index (χ4n) is 2.60. The zero-order chi connectivity index (χ0) is 19.7. The van der Waals surface area contributed by atoms with Gasteiger partial charge in [0.15, 0.2) is 5.69 Å². The maximum absolute atomic E-state index is 13.1. The normalized spacial score (nSPS) is 10.8. The van der Waals surface area contributed by atoms with Gasteiger partial charge in [-0.15, -0.1) is 0 Å². The third-order valence-corrected chi connectivity index (χ3v) is 4.11. The highest BCUT2D eigenvalue weighted by Gasteiger charge is 2.22. The summed E-state index contributed by atoms with van der Waals surface area (Å²) >= 11 is 5.86. The number of fused-ring (bicyclic) bond motifs is 1. The van der Waals surface area contributed by atoms with Crippen molar-refractivity contribution >= 4 is 29.0 Å². The van der Waals surface area contributed by atoms with E-state index in [1.165, 1.54) is 36.5 Å². The fourth-order valence-corrected chi connectivity index (χ4v) is 2.72. The number of aromatic amines is 1. The van der Waals surface area contributed by atoms with Crippen LogP contribution in [0.4, 0.5) is 10.1 Å². The van der Waals surface area contributed by atoms with Gasteiger partial charge in [0.1, 0.15) is 11.6 Å². The maximum atomic E-state index is 13.1. The first-order chi connectivity index (χ1) is 13.5. The van der Waals surface area contributed by atoms with Crippen LogP contribution in [-0.4, -0.2) is 20.3 Å². The molecule has 0 unspecified atom stereocenters. The summed E-state index contributed by atoms with van der Waals surface area (Å²) in [5.41, 5.74) is -0.0581. The highest BCUT2D eigenvalue weighted by molar-refractivity contribution is 6.30. The molecule has 4 rings (SSSR count). The maximum Gasteiger partial charge on any atom is 0.278 e. The van der Waals surface area contributed by atoms with Crippen molar-refractivity contribution in [2.45, 2.75) is 0 Å². The predicted octanol–water partition coefficient (Wildman–Crippen LogP) is 3.86. The van der Waals surface area contributed by atoms with E-state index in [0.717, 1.165) is 4.40 Å². The Balaban J connectivity index is 1.77. The molecule has 1 amide bonds. The van der Waals surface area contributed by atoms with Gasteiger partial charge in [0.2, 0.25) is 11.7 Å². The molecule has 0 fully saturated rings. The standard InChI is InChI=1S/C19H12ClFN4O3/c20-11-1-5-13(6-2-11)23-17(27)16-18(28-14-7-3-12(21)4-8-14)24-19-22-10-9-15(26)25(16)19/h1-10H,(H,22,24)(H,23,27). The molecule has 0 radical (unpaired) electrons. The Labute approximate surface area is 162 Å². The molecular weight excluding hydrogens is 387 g/mol. The first-order valence-corrected chi connectivity index (χ1v) is 8.49. The van der Waals surface area contributed by atoms with Crippen molar-refractivity contribution in [2.75, 3.05) is 5.32 Å². The van der Waals surface area contributed by atoms with Gasteiger partial charge >= 0.3 is 0 Å². The number of aromatic nitrogens is 3. The molecule has 2 N–H and O–H groups in total. The van der Waals surface area contributed by atoms with E-state index in [1.807, 2.05) is 0 Å². The molecule has 9 heteroatoms. The van der Waals surface area contributed by atoms with E-state index >= 15 is 0 Å². The summed E-state index contributed by atoms with van der Waals surface area (Å²) in [4.78, 5) is 32.1. The number of benzene rings is 2. The minimum Gasteiger partial charge on any atom is -0.438 e. The molecule has 0 aliphatic rings. The summed E-state index contributed by atoms with van der Waals surface area (Å²) in [6.07, 6.45) is 1.32. The van der Waals surface area contributed by atoms with Crippen molar-refractivity contribution in [1.82, 2.24) is 14.4 Å². The van der Waals surface area contributed by atoms with Gasteiger partial charge in [-0.3, -0.25) is 14.6 Å². The lowest BCUT2D eigenvalue weighted by atomic mass is 10.3. The average Bonchev–Trinajstić information content (AvgIpc) is 3.05. The first-order valence-electron chi connectivity index (χ1n) is 8.11. The molecule has 0 aliphatic carbocycles. The third-order valence-electron chi connectivity index (χ3n) is 3.86. The minimum atomic E-state index is -0.596. The number of amides is 1. The number of nitrogens with one attached hydrogen (secondary N) is 2. The summed E-state index contributed by atoms with van der Waals surface area (Å²) < 4.78 is 19.9. The van der Waals surface area contributed by atoms with Gasteiger partial charge < -0.3 is 10.1 Å². The topological polar surface area (TPSA) is 88.5 Å². The highest BCUT2D eigenvalue weighted by Crippen LogP contribution is 2.26. The van der Waals surface area contributed by atoms with E-state index in [9.17, 15) is 14.0 Å². The lowest BCUT2D eigenvalue weighted by Crippen LogP contribution is -2.21. The summed E-state index contributed by atoms with van der Waals surface area (Å²) in [5, 5.41) is 3.20. The smallest absolute Gasteiger partial charge is 0.278 e. The number of carbonyl (C=O) groups is 1. The highest BCUT2D eigenvalue weighted by atomic mass is 35.5. The Kier molecular flexibility index (Phi) is 4.54. The van der Waals surface area contributed by atoms with Gasteiger partial charge in [0, 0.05) is 23.0 Å². The lowest BCUT2D eigenvalue weighted by molar-refractivity contribution is 0.101. The van der Waals surface area contributed by atoms with Crippen LogP contribution in [-0.2, 0) is 0 Å². The Hall–Kier alpha value is -3.65. The summed E-state index contributed by atoms with van der Waals surface area (Å²) in [6.45, 7) is 0. The predicted molar refractivity (Wildman–Crippen MR) is 102 cm³/mol. The molecule has 7 nitrogen and oxygen atoms in total. The Morgan fingerprint density at radius 1 is 1.11 bits per heavy atom. The van der Waals surface area contributed by atoms with E-state index in [1.54, 1.807) is 24.3 Å². The number of halogens is 2. The van der Waals surface area contributed by atoms with Crippen LogP contribution in [0.3, 0.4) is 0 Å². The number of rotatable bonds is 4. The van der Waals surface area contributed by atoms with Crippen molar-refractivity contribution < 1.29 is 13.9 Å². The molecule has 0 saturated heterocycles. The molecule has 0 saturated carbocycles. The van der Waals surface area contributed by atoms with E-state index in [2.05, 4.69) is 15.3 Å². The number of imidazole rings is 1. The van der Waals surface area contributed by atoms with Gasteiger partial charge in [-0.1, -0.05) is 11.6 Å². The van der Waals surface area contributed by atoms with E-state index < -0.39 is 17.3 Å². The SMILES string of the molecule is O=C(Nc1ccc(Cl)cc1)c1c(Oc2ccc(F)cc2)[nH]c2nccc(=O)n12. The van der Waals surface area contributed by atoms with Crippen LogP contribution in [0.25, 0.3) is 5.78 Å². The van der Waals surface area contributed by atoms with E-state index in [-0.39, 0.29) is 23.1 Å². The minimum absolute atomic E-state index is 0.00567. The molecule has 0 aliphatic heterocycles. The van der Waals surface area contributed by atoms with Crippen LogP contribution in [0.1, 0.15) is 10.5 Å². The zero-order valence-electron chi connectivity index (χ0n) is 14.1. The van der Waals surface area contributed by atoms with Crippen LogP contribution in [0.5, 0.6) is 11.6 Å². The van der Waals surface area contributed by atoms with Crippen LogP contribution in [0.15, 0.2) is 65.6 Å². The van der Waals surface area contributed by atoms with Gasteiger partial charge in [0.25, 0.3) is 11.5 Å². The molecule has 4 aromatic rings. The van der Waals surface area contributed by atoms with Gasteiger partial charge in [-0.2, -0.15) is 0 Å². The van der Waals surface area contributed by atoms with Crippen molar-refractivity contribution in [2.24, 2.45) is 0 Å². The fraction of sp³-hybridized carbons (Fsp3) is 0. The number of nitrogens with zero attached hydrogens (tertiary/aromatic N) is 2. The Morgan fingerprint density at radius 2 is 1.82 bits per heavy atom. The van der Waals surface area contributed by atoms with Crippen LogP contribution >= 0.6 is 11.6 Å². The summed E-state index contributed by atoms with van der Waals surface area (Å²) in [5.74, 6) is -0.621. The molecule has 2 aromatic carbocycles. The Morgan fingerprint density at radius 3 is 2.54 bits per heavy atom. The quantitative estimate of drug-likeness (QED) is 0.546. The zero-order valence-corrected chi connectivity index (χ0v) is 14.9. The van der Waals surface area contributed by atoms with E-state index in [4.69, 9.17) is 16.3 Å². The van der Waals surface area contributed by atoms with Crippen molar-refractivity contribution in [3.05, 3.63) is 87.7 Å². The monoisotopic (exact) mass is 398 g/mol. The summed E-state index contributed by atoms with van der Waals surface area (Å²) in [7, 11) is 0. The van der Waals surface area contributed by atoms with Crippen molar-refractivity contribution in [1.29, 1.82) is 0 Å². The molecule has 2 aromatic heterocycles. The molecule has 2 heterocycles. The van der Waals surface area contributed by atoms with Crippen molar-refractivity contribution in [3.63, 3.8) is 0 Å². The number of hydrogen-bond acceptors (Lipinski definition) is 4. The number of hydrogen-bond donors (Lipinski definition) is 2. The van der Waals surface area contributed by atoms with Crippen LogP contribution < -0.4 is 15.6 Å². The second kappa shape index (κ2) is 7.16. The van der Waals surface area contributed by atoms with Crippen LogP contribution in [0.2, 0.25) is 5.02 Å². The average molecular weight is 399 g/mol. The largest absolute Gasteiger partial charge is 0.438 e. The molecule has 0 bridgehead atoms. The molecule has 0 atom stereocenters. The number of carbonyl (C=O) groups excluding carboxylic acids is 1.